The van der Waals surface area contributed by atoms with Crippen molar-refractivity contribution in [2.45, 2.75) is 84.5 Å². The molecule has 0 saturated carbocycles. The molecule has 1 unspecified atom stereocenters. The van der Waals surface area contributed by atoms with Crippen molar-refractivity contribution < 1.29 is 33.4 Å². The van der Waals surface area contributed by atoms with Gasteiger partial charge in [0.05, 0.1) is 19.6 Å². The molecule has 2 fully saturated rings. The highest BCUT2D eigenvalue weighted by Crippen LogP contribution is 2.21. The molecule has 2 aliphatic rings. The molecule has 0 spiro atoms. The molecule has 260 valence electrons. The van der Waals surface area contributed by atoms with Gasteiger partial charge in [0, 0.05) is 77.4 Å². The van der Waals surface area contributed by atoms with Gasteiger partial charge in [0.2, 0.25) is 5.91 Å². The number of likely N-dealkylation sites (tertiary alicyclic amines) is 1. The minimum atomic E-state index is -0.721. The molecule has 0 N–H and O–H groups in total. The van der Waals surface area contributed by atoms with Crippen molar-refractivity contribution in [1.29, 1.82) is 0 Å². The fourth-order valence-electron chi connectivity index (χ4n) is 5.50. The lowest BCUT2D eigenvalue weighted by Gasteiger charge is -2.37. The summed E-state index contributed by atoms with van der Waals surface area (Å²) in [7, 11) is 0. The smallest absolute Gasteiger partial charge is 0.323 e. The van der Waals surface area contributed by atoms with Crippen LogP contribution in [0, 0.1) is 0 Å². The molecule has 2 aliphatic heterocycles. The summed E-state index contributed by atoms with van der Waals surface area (Å²) in [5.41, 5.74) is -0.657. The van der Waals surface area contributed by atoms with Crippen molar-refractivity contribution in [1.82, 2.24) is 24.5 Å². The van der Waals surface area contributed by atoms with Crippen molar-refractivity contribution in [2.24, 2.45) is 0 Å². The van der Waals surface area contributed by atoms with Crippen LogP contribution in [-0.4, -0.2) is 150 Å². The first-order chi connectivity index (χ1) is 21.5. The van der Waals surface area contributed by atoms with E-state index in [-0.39, 0.29) is 50.1 Å². The maximum atomic E-state index is 13.6. The number of hydrogen-bond donors (Lipinski definition) is 0. The van der Waals surface area contributed by atoms with Gasteiger partial charge in [0.15, 0.2) is 5.78 Å². The SMILES string of the molecule is C=CCN1CCN(CC(=O)OC(C)(C)C)CCN(CC=O)CCN(C(CCC(=O)CN2C(=C)CCC2=O)C(=O)OC(C)(C)C)CC1. The van der Waals surface area contributed by atoms with Crippen molar-refractivity contribution in [3.8, 4) is 0 Å². The van der Waals surface area contributed by atoms with Crippen molar-refractivity contribution >= 4 is 29.9 Å². The van der Waals surface area contributed by atoms with Gasteiger partial charge in [-0.25, -0.2) is 0 Å². The van der Waals surface area contributed by atoms with Gasteiger partial charge in [-0.3, -0.25) is 38.8 Å². The zero-order valence-corrected chi connectivity index (χ0v) is 29.1. The van der Waals surface area contributed by atoms with Crippen LogP contribution in [0.5, 0.6) is 0 Å². The fraction of sp³-hybridized carbons (Fsp3) is 0.735. The Morgan fingerprint density at radius 1 is 0.804 bits per heavy atom. The summed E-state index contributed by atoms with van der Waals surface area (Å²) < 4.78 is 11.4. The van der Waals surface area contributed by atoms with Crippen LogP contribution >= 0.6 is 0 Å². The lowest BCUT2D eigenvalue weighted by Crippen LogP contribution is -2.52. The van der Waals surface area contributed by atoms with E-state index in [0.29, 0.717) is 77.4 Å². The predicted molar refractivity (Wildman–Crippen MR) is 177 cm³/mol. The first-order valence-electron chi connectivity index (χ1n) is 16.4. The van der Waals surface area contributed by atoms with Gasteiger partial charge in [0.25, 0.3) is 0 Å². The quantitative estimate of drug-likeness (QED) is 0.166. The predicted octanol–water partition coefficient (Wildman–Crippen LogP) is 2.13. The molecule has 0 aromatic carbocycles. The number of rotatable bonds is 13. The molecule has 0 radical (unpaired) electrons. The molecule has 0 aromatic heterocycles. The van der Waals surface area contributed by atoms with Gasteiger partial charge in [0.1, 0.15) is 23.5 Å². The minimum absolute atomic E-state index is 0.0429. The third-order valence-electron chi connectivity index (χ3n) is 7.83. The summed E-state index contributed by atoms with van der Waals surface area (Å²) in [6.45, 7) is 24.2. The number of esters is 2. The number of carbonyl (C=O) groups excluding carboxylic acids is 5. The molecule has 0 bridgehead atoms. The van der Waals surface area contributed by atoms with E-state index in [2.05, 4.69) is 27.9 Å². The summed E-state index contributed by atoms with van der Waals surface area (Å²) in [6, 6.07) is -0.698. The fourth-order valence-corrected chi connectivity index (χ4v) is 5.50. The molecule has 1 amide bonds. The van der Waals surface area contributed by atoms with Crippen LogP contribution in [0.2, 0.25) is 0 Å². The van der Waals surface area contributed by atoms with E-state index in [0.717, 1.165) is 6.29 Å². The number of hydrogen-bond acceptors (Lipinski definition) is 11. The molecule has 2 rings (SSSR count). The molecule has 0 aromatic rings. The summed E-state index contributed by atoms with van der Waals surface area (Å²) >= 11 is 0. The van der Waals surface area contributed by atoms with E-state index < -0.39 is 23.2 Å². The second kappa shape index (κ2) is 18.4. The monoisotopic (exact) mass is 647 g/mol. The highest BCUT2D eigenvalue weighted by molar-refractivity contribution is 5.89. The first-order valence-corrected chi connectivity index (χ1v) is 16.4. The molecule has 12 heteroatoms. The lowest BCUT2D eigenvalue weighted by molar-refractivity contribution is -0.162. The standard InChI is InChI=1S/C34H57N5O7/c1-9-14-35-15-17-37(26-31(43)45-33(3,4)5)18-16-36(23-24-40)20-22-38(21-19-35)29(32(44)46-34(6,7)8)12-11-28(41)25-39-27(2)10-13-30(39)42/h9,24,29H,1-2,10-23,25-26H2,3-8H3. The number of amides is 1. The summed E-state index contributed by atoms with van der Waals surface area (Å²) in [5.74, 6) is -0.946. The Hall–Kier alpha value is -2.93. The highest BCUT2D eigenvalue weighted by Gasteiger charge is 2.33. The first kappa shape index (κ1) is 39.2. The average Bonchev–Trinajstić information content (AvgIpc) is 3.24. The molecule has 46 heavy (non-hydrogen) atoms. The van der Waals surface area contributed by atoms with Crippen molar-refractivity contribution in [3.63, 3.8) is 0 Å². The van der Waals surface area contributed by atoms with Gasteiger partial charge in [-0.2, -0.15) is 0 Å². The van der Waals surface area contributed by atoms with Crippen LogP contribution in [0.4, 0.5) is 0 Å². The van der Waals surface area contributed by atoms with Crippen LogP contribution in [0.25, 0.3) is 0 Å². The number of ketones is 1. The van der Waals surface area contributed by atoms with Gasteiger partial charge < -0.3 is 19.2 Å². The highest BCUT2D eigenvalue weighted by atomic mass is 16.6. The number of Topliss-reactive ketones (excluding diaryl/α,β-unsaturated/α-hetero) is 1. The second-order valence-corrected chi connectivity index (χ2v) is 14.1. The van der Waals surface area contributed by atoms with E-state index in [9.17, 15) is 24.0 Å². The summed E-state index contributed by atoms with van der Waals surface area (Å²) in [4.78, 5) is 73.0. The van der Waals surface area contributed by atoms with Gasteiger partial charge in [-0.05, 0) is 54.4 Å². The van der Waals surface area contributed by atoms with E-state index in [4.69, 9.17) is 9.47 Å². The topological polar surface area (TPSA) is 120 Å². The summed E-state index contributed by atoms with van der Waals surface area (Å²) in [5, 5.41) is 0. The van der Waals surface area contributed by atoms with Crippen LogP contribution in [0.3, 0.4) is 0 Å². The number of aldehydes is 1. The molecule has 12 nitrogen and oxygen atoms in total. The molecule has 2 heterocycles. The van der Waals surface area contributed by atoms with E-state index in [1.165, 1.54) is 4.90 Å². The van der Waals surface area contributed by atoms with E-state index in [1.54, 1.807) is 0 Å². The van der Waals surface area contributed by atoms with Crippen molar-refractivity contribution in [3.05, 3.63) is 24.9 Å². The number of nitrogens with zero attached hydrogens (tertiary/aromatic N) is 5. The number of carbonyl (C=O) groups is 5. The number of ether oxygens (including phenoxy) is 2. The van der Waals surface area contributed by atoms with E-state index >= 15 is 0 Å². The summed E-state index contributed by atoms with van der Waals surface area (Å²) in [6.07, 6.45) is 3.94. The Kier molecular flexibility index (Phi) is 15.7. The minimum Gasteiger partial charge on any atom is -0.459 e. The Morgan fingerprint density at radius 2 is 1.35 bits per heavy atom. The molecule has 1 atom stereocenters. The Morgan fingerprint density at radius 3 is 1.85 bits per heavy atom. The van der Waals surface area contributed by atoms with Crippen LogP contribution in [0.1, 0.15) is 67.2 Å². The van der Waals surface area contributed by atoms with Gasteiger partial charge in [-0.15, -0.1) is 6.58 Å². The van der Waals surface area contributed by atoms with Crippen LogP contribution < -0.4 is 0 Å². The third kappa shape index (κ3) is 14.7. The lowest BCUT2D eigenvalue weighted by atomic mass is 10.1. The molecular weight excluding hydrogens is 590 g/mol. The zero-order chi connectivity index (χ0) is 34.5. The third-order valence-corrected chi connectivity index (χ3v) is 7.83. The maximum Gasteiger partial charge on any atom is 0.323 e. The molecular formula is C34H57N5O7. The Balaban J connectivity index is 2.26. The largest absolute Gasteiger partial charge is 0.459 e. The maximum absolute atomic E-state index is 13.6. The van der Waals surface area contributed by atoms with E-state index in [1.807, 2.05) is 52.5 Å². The van der Waals surface area contributed by atoms with Crippen LogP contribution in [-0.2, 0) is 33.4 Å². The van der Waals surface area contributed by atoms with Gasteiger partial charge >= 0.3 is 11.9 Å². The second-order valence-electron chi connectivity index (χ2n) is 14.1. The Bertz CT molecular complexity index is 1040. The Labute approximate surface area is 275 Å². The number of allylic oxidation sites excluding steroid dienone is 1. The average molecular weight is 648 g/mol. The van der Waals surface area contributed by atoms with Crippen LogP contribution in [0.15, 0.2) is 24.9 Å². The van der Waals surface area contributed by atoms with Gasteiger partial charge in [-0.1, -0.05) is 12.7 Å². The zero-order valence-electron chi connectivity index (χ0n) is 29.1. The molecule has 0 aliphatic carbocycles. The molecule has 2 saturated heterocycles. The van der Waals surface area contributed by atoms with Crippen molar-refractivity contribution in [2.75, 3.05) is 78.5 Å². The normalized spacial score (nSPS) is 19.7.